The molecule has 0 aliphatic rings. The van der Waals surface area contributed by atoms with Crippen molar-refractivity contribution in [3.8, 4) is 0 Å². The summed E-state index contributed by atoms with van der Waals surface area (Å²) in [6.07, 6.45) is 0.661. The zero-order chi connectivity index (χ0) is 9.84. The number of benzene rings is 1. The summed E-state index contributed by atoms with van der Waals surface area (Å²) in [7, 11) is 0. The lowest BCUT2D eigenvalue weighted by Crippen LogP contribution is -2.08. The number of rotatable bonds is 2. The number of hydrogen-bond donors (Lipinski definition) is 1. The van der Waals surface area contributed by atoms with Gasteiger partial charge >= 0.3 is 0 Å². The first-order chi connectivity index (χ1) is 6.11. The first kappa shape index (κ1) is 10.2. The van der Waals surface area contributed by atoms with Crippen molar-refractivity contribution < 1.29 is 4.39 Å². The van der Waals surface area contributed by atoms with E-state index in [0.717, 1.165) is 0 Å². The van der Waals surface area contributed by atoms with Crippen molar-refractivity contribution in [1.82, 2.24) is 0 Å². The fourth-order valence-electron chi connectivity index (χ4n) is 0.849. The molecule has 0 saturated heterocycles. The maximum atomic E-state index is 12.8. The summed E-state index contributed by atoms with van der Waals surface area (Å²) >= 11 is 3.17. The molecule has 0 unspecified atom stereocenters. The number of amidine groups is 1. The fraction of sp³-hybridized carbons (Fsp3) is 0.222. The average Bonchev–Trinajstić information content (AvgIpc) is 2.02. The minimum absolute atomic E-state index is 0.322. The highest BCUT2D eigenvalue weighted by molar-refractivity contribution is 9.10. The normalized spacial score (nSPS) is 11.8. The van der Waals surface area contributed by atoms with Crippen molar-refractivity contribution >= 4 is 27.5 Å². The Balaban J connectivity index is 3.02. The van der Waals surface area contributed by atoms with Gasteiger partial charge in [0.25, 0.3) is 0 Å². The first-order valence-corrected chi connectivity index (χ1v) is 4.70. The van der Waals surface area contributed by atoms with Crippen LogP contribution < -0.4 is 5.73 Å². The molecule has 13 heavy (non-hydrogen) atoms. The molecule has 1 aromatic carbocycles. The van der Waals surface area contributed by atoms with Crippen LogP contribution in [0.5, 0.6) is 0 Å². The van der Waals surface area contributed by atoms with Gasteiger partial charge in [-0.2, -0.15) is 0 Å². The molecule has 1 aromatic rings. The lowest BCUT2D eigenvalue weighted by Gasteiger charge is -1.98. The van der Waals surface area contributed by atoms with Crippen LogP contribution in [0.1, 0.15) is 13.3 Å². The Morgan fingerprint density at radius 1 is 1.54 bits per heavy atom. The summed E-state index contributed by atoms with van der Waals surface area (Å²) in [6, 6.07) is 4.43. The second kappa shape index (κ2) is 4.37. The van der Waals surface area contributed by atoms with Crippen molar-refractivity contribution in [2.24, 2.45) is 10.7 Å². The molecule has 0 bridgehead atoms. The Labute approximate surface area is 84.8 Å². The van der Waals surface area contributed by atoms with Crippen LogP contribution in [0.4, 0.5) is 10.1 Å². The van der Waals surface area contributed by atoms with Crippen LogP contribution in [-0.2, 0) is 0 Å². The van der Waals surface area contributed by atoms with E-state index in [1.54, 1.807) is 6.07 Å². The molecule has 0 fully saturated rings. The third-order valence-electron chi connectivity index (χ3n) is 1.48. The molecule has 0 saturated carbocycles. The van der Waals surface area contributed by atoms with Crippen LogP contribution in [0.3, 0.4) is 0 Å². The second-order valence-corrected chi connectivity index (χ2v) is 3.50. The Morgan fingerprint density at radius 2 is 2.23 bits per heavy atom. The Hall–Kier alpha value is -0.900. The molecule has 0 atom stereocenters. The molecule has 0 spiro atoms. The summed E-state index contributed by atoms with van der Waals surface area (Å²) in [5.74, 6) is 0.175. The van der Waals surface area contributed by atoms with Gasteiger partial charge in [0, 0.05) is 10.9 Å². The van der Waals surface area contributed by atoms with Gasteiger partial charge in [-0.15, -0.1) is 0 Å². The molecule has 2 N–H and O–H groups in total. The Kier molecular flexibility index (Phi) is 3.42. The molecule has 2 nitrogen and oxygen atoms in total. The van der Waals surface area contributed by atoms with E-state index >= 15 is 0 Å². The standard InChI is InChI=1S/C9H10BrFN2/c1-2-9(12)13-8-4-6(10)3-7(11)5-8/h3-5H,2H2,1H3,(H2,12,13). The SMILES string of the molecule is CCC(N)=Nc1cc(F)cc(Br)c1. The molecule has 0 radical (unpaired) electrons. The Bertz CT molecular complexity index is 316. The third-order valence-corrected chi connectivity index (χ3v) is 1.94. The number of aliphatic imine (C=N–C) groups is 1. The highest BCUT2D eigenvalue weighted by Crippen LogP contribution is 2.20. The number of halogens is 2. The summed E-state index contributed by atoms with van der Waals surface area (Å²) in [4.78, 5) is 4.02. The van der Waals surface area contributed by atoms with Crippen LogP contribution in [0, 0.1) is 5.82 Å². The lowest BCUT2D eigenvalue weighted by molar-refractivity contribution is 0.627. The summed E-state index contributed by atoms with van der Waals surface area (Å²) < 4.78 is 13.5. The molecule has 0 aliphatic carbocycles. The van der Waals surface area contributed by atoms with E-state index in [-0.39, 0.29) is 5.82 Å². The summed E-state index contributed by atoms with van der Waals surface area (Å²) in [6.45, 7) is 1.90. The molecule has 0 aromatic heterocycles. The molecule has 0 amide bonds. The number of hydrogen-bond acceptors (Lipinski definition) is 1. The second-order valence-electron chi connectivity index (χ2n) is 2.58. The highest BCUT2D eigenvalue weighted by atomic mass is 79.9. The van der Waals surface area contributed by atoms with Crippen molar-refractivity contribution in [3.05, 3.63) is 28.5 Å². The maximum absolute atomic E-state index is 12.8. The molecular formula is C9H10BrFN2. The fourth-order valence-corrected chi connectivity index (χ4v) is 1.30. The number of nitrogens with two attached hydrogens (primary N) is 1. The maximum Gasteiger partial charge on any atom is 0.126 e. The van der Waals surface area contributed by atoms with Crippen LogP contribution in [-0.4, -0.2) is 5.84 Å². The molecular weight excluding hydrogens is 235 g/mol. The van der Waals surface area contributed by atoms with E-state index in [0.29, 0.717) is 22.4 Å². The zero-order valence-corrected chi connectivity index (χ0v) is 8.81. The van der Waals surface area contributed by atoms with Crippen LogP contribution in [0.25, 0.3) is 0 Å². The topological polar surface area (TPSA) is 38.4 Å². The molecule has 0 aliphatic heterocycles. The average molecular weight is 245 g/mol. The minimum atomic E-state index is -0.322. The molecule has 4 heteroatoms. The van der Waals surface area contributed by atoms with Gasteiger partial charge in [-0.1, -0.05) is 22.9 Å². The largest absolute Gasteiger partial charge is 0.387 e. The summed E-state index contributed by atoms with van der Waals surface area (Å²) in [5, 5.41) is 0. The molecule has 1 rings (SSSR count). The predicted molar refractivity (Wildman–Crippen MR) is 55.7 cm³/mol. The van der Waals surface area contributed by atoms with E-state index in [4.69, 9.17) is 5.73 Å². The van der Waals surface area contributed by atoms with E-state index < -0.39 is 0 Å². The number of nitrogens with zero attached hydrogens (tertiary/aromatic N) is 1. The first-order valence-electron chi connectivity index (χ1n) is 3.91. The monoisotopic (exact) mass is 244 g/mol. The molecule has 0 heterocycles. The quantitative estimate of drug-likeness (QED) is 0.631. The third kappa shape index (κ3) is 3.14. The van der Waals surface area contributed by atoms with Crippen molar-refractivity contribution in [2.75, 3.05) is 0 Å². The van der Waals surface area contributed by atoms with Crippen molar-refractivity contribution in [3.63, 3.8) is 0 Å². The van der Waals surface area contributed by atoms with Gasteiger partial charge in [0.15, 0.2) is 0 Å². The zero-order valence-electron chi connectivity index (χ0n) is 7.22. The van der Waals surface area contributed by atoms with E-state index in [1.165, 1.54) is 12.1 Å². The predicted octanol–water partition coefficient (Wildman–Crippen LogP) is 2.99. The van der Waals surface area contributed by atoms with Gasteiger partial charge in [0.1, 0.15) is 5.82 Å². The highest BCUT2D eigenvalue weighted by Gasteiger charge is 1.97. The van der Waals surface area contributed by atoms with Gasteiger partial charge in [-0.05, 0) is 18.2 Å². The smallest absolute Gasteiger partial charge is 0.126 e. The van der Waals surface area contributed by atoms with Crippen molar-refractivity contribution in [2.45, 2.75) is 13.3 Å². The lowest BCUT2D eigenvalue weighted by atomic mass is 10.3. The summed E-state index contributed by atoms with van der Waals surface area (Å²) in [5.41, 5.74) is 6.05. The van der Waals surface area contributed by atoms with E-state index in [1.807, 2.05) is 6.92 Å². The van der Waals surface area contributed by atoms with E-state index in [2.05, 4.69) is 20.9 Å². The van der Waals surface area contributed by atoms with Gasteiger partial charge in [0.2, 0.25) is 0 Å². The van der Waals surface area contributed by atoms with Gasteiger partial charge in [0.05, 0.1) is 11.5 Å². The molecule has 70 valence electrons. The van der Waals surface area contributed by atoms with Crippen LogP contribution >= 0.6 is 15.9 Å². The van der Waals surface area contributed by atoms with Crippen LogP contribution in [0.15, 0.2) is 27.7 Å². The van der Waals surface area contributed by atoms with Gasteiger partial charge < -0.3 is 5.73 Å². The Morgan fingerprint density at radius 3 is 2.77 bits per heavy atom. The van der Waals surface area contributed by atoms with Gasteiger partial charge in [-0.25, -0.2) is 9.38 Å². The van der Waals surface area contributed by atoms with Gasteiger partial charge in [-0.3, -0.25) is 0 Å². The van der Waals surface area contributed by atoms with Crippen molar-refractivity contribution in [1.29, 1.82) is 0 Å². The van der Waals surface area contributed by atoms with Crippen LogP contribution in [0.2, 0.25) is 0 Å². The van der Waals surface area contributed by atoms with E-state index in [9.17, 15) is 4.39 Å². The minimum Gasteiger partial charge on any atom is -0.387 e.